The minimum atomic E-state index is 0.121. The van der Waals surface area contributed by atoms with Crippen LogP contribution in [0.25, 0.3) is 22.8 Å². The Kier molecular flexibility index (Phi) is 3.76. The highest BCUT2D eigenvalue weighted by Gasteiger charge is 2.24. The molecule has 0 amide bonds. The molecule has 1 aliphatic rings. The molecule has 0 spiro atoms. The van der Waals surface area contributed by atoms with Gasteiger partial charge < -0.3 is 9.26 Å². The summed E-state index contributed by atoms with van der Waals surface area (Å²) < 4.78 is 10.4. The normalized spacial score (nSPS) is 15.6. The lowest BCUT2D eigenvalue weighted by Crippen LogP contribution is -2.00. The van der Waals surface area contributed by atoms with E-state index in [1.54, 1.807) is 19.4 Å². The van der Waals surface area contributed by atoms with Crippen molar-refractivity contribution in [2.24, 2.45) is 16.1 Å². The lowest BCUT2D eigenvalue weighted by Gasteiger charge is -2.11. The van der Waals surface area contributed by atoms with E-state index in [9.17, 15) is 0 Å². The lowest BCUT2D eigenvalue weighted by molar-refractivity contribution is 0.397. The number of aromatic nitrogens is 3. The van der Waals surface area contributed by atoms with E-state index < -0.39 is 0 Å². The number of ether oxygens (including phenoxy) is 1. The Bertz CT molecular complexity index is 931. The van der Waals surface area contributed by atoms with Crippen molar-refractivity contribution in [1.82, 2.24) is 15.1 Å². The fourth-order valence-electron chi connectivity index (χ4n) is 2.78. The van der Waals surface area contributed by atoms with Crippen molar-refractivity contribution < 1.29 is 9.26 Å². The Morgan fingerprint density at radius 1 is 1.12 bits per heavy atom. The van der Waals surface area contributed by atoms with Crippen molar-refractivity contribution in [1.29, 1.82) is 0 Å². The van der Waals surface area contributed by atoms with Gasteiger partial charge in [-0.3, -0.25) is 0 Å². The molecule has 0 bridgehead atoms. The average molecular weight is 335 g/mol. The van der Waals surface area contributed by atoms with Crippen LogP contribution in [0.1, 0.15) is 25.5 Å². The van der Waals surface area contributed by atoms with Crippen molar-refractivity contribution in [2.75, 3.05) is 7.11 Å². The molecule has 0 fully saturated rings. The SMILES string of the molecule is COc1ccc(-c2nc(-c3ccc4c(c3)N=NC4C(C)C)no2)cn1. The lowest BCUT2D eigenvalue weighted by atomic mass is 9.95. The van der Waals surface area contributed by atoms with E-state index in [4.69, 9.17) is 9.26 Å². The second kappa shape index (κ2) is 6.08. The number of pyridine rings is 1. The van der Waals surface area contributed by atoms with Gasteiger partial charge in [-0.1, -0.05) is 31.1 Å². The van der Waals surface area contributed by atoms with E-state index in [0.717, 1.165) is 22.4 Å². The van der Waals surface area contributed by atoms with Gasteiger partial charge in [0.2, 0.25) is 11.7 Å². The number of benzene rings is 1. The van der Waals surface area contributed by atoms with E-state index in [2.05, 4.69) is 39.2 Å². The summed E-state index contributed by atoms with van der Waals surface area (Å²) in [6.45, 7) is 4.28. The monoisotopic (exact) mass is 335 g/mol. The van der Waals surface area contributed by atoms with Crippen LogP contribution in [-0.2, 0) is 0 Å². The largest absolute Gasteiger partial charge is 0.481 e. The molecule has 0 saturated carbocycles. The van der Waals surface area contributed by atoms with E-state index in [0.29, 0.717) is 23.5 Å². The van der Waals surface area contributed by atoms with Crippen molar-refractivity contribution in [3.05, 3.63) is 42.1 Å². The minimum Gasteiger partial charge on any atom is -0.481 e. The summed E-state index contributed by atoms with van der Waals surface area (Å²) >= 11 is 0. The van der Waals surface area contributed by atoms with Crippen LogP contribution >= 0.6 is 0 Å². The van der Waals surface area contributed by atoms with Gasteiger partial charge in [-0.25, -0.2) is 4.98 Å². The van der Waals surface area contributed by atoms with Gasteiger partial charge in [-0.2, -0.15) is 15.2 Å². The first-order chi connectivity index (χ1) is 12.2. The van der Waals surface area contributed by atoms with E-state index in [1.165, 1.54) is 0 Å². The minimum absolute atomic E-state index is 0.121. The molecule has 3 aromatic rings. The number of rotatable bonds is 4. The van der Waals surface area contributed by atoms with E-state index in [-0.39, 0.29) is 6.04 Å². The van der Waals surface area contributed by atoms with Gasteiger partial charge in [0.15, 0.2) is 0 Å². The molecule has 0 N–H and O–H groups in total. The quantitative estimate of drug-likeness (QED) is 0.695. The maximum atomic E-state index is 5.36. The summed E-state index contributed by atoms with van der Waals surface area (Å²) in [5.41, 5.74) is 3.59. The first-order valence-corrected chi connectivity index (χ1v) is 8.05. The topological polar surface area (TPSA) is 85.8 Å². The van der Waals surface area contributed by atoms with Gasteiger partial charge in [-0.05, 0) is 18.1 Å². The Hall–Kier alpha value is -3.09. The van der Waals surface area contributed by atoms with Crippen LogP contribution in [-0.4, -0.2) is 22.2 Å². The molecule has 1 aromatic carbocycles. The Labute approximate surface area is 144 Å². The fourth-order valence-corrected chi connectivity index (χ4v) is 2.78. The van der Waals surface area contributed by atoms with Crippen LogP contribution in [0.4, 0.5) is 5.69 Å². The third kappa shape index (κ3) is 2.77. The molecule has 0 saturated heterocycles. The summed E-state index contributed by atoms with van der Waals surface area (Å²) in [7, 11) is 1.57. The Morgan fingerprint density at radius 3 is 2.68 bits per heavy atom. The molecule has 25 heavy (non-hydrogen) atoms. The molecule has 7 nitrogen and oxygen atoms in total. The maximum Gasteiger partial charge on any atom is 0.259 e. The number of methoxy groups -OCH3 is 1. The summed E-state index contributed by atoms with van der Waals surface area (Å²) in [4.78, 5) is 8.61. The zero-order chi connectivity index (χ0) is 17.4. The Balaban J connectivity index is 1.63. The van der Waals surface area contributed by atoms with Gasteiger partial charge in [0.05, 0.1) is 18.4 Å². The number of fused-ring (bicyclic) bond motifs is 1. The van der Waals surface area contributed by atoms with E-state index >= 15 is 0 Å². The molecule has 126 valence electrons. The highest BCUT2D eigenvalue weighted by Crippen LogP contribution is 2.41. The zero-order valence-electron chi connectivity index (χ0n) is 14.2. The zero-order valence-corrected chi connectivity index (χ0v) is 14.2. The number of nitrogens with zero attached hydrogens (tertiary/aromatic N) is 5. The molecular formula is C18H17N5O2. The molecule has 4 rings (SSSR count). The van der Waals surface area contributed by atoms with Gasteiger partial charge in [0.1, 0.15) is 6.04 Å². The fraction of sp³-hybridized carbons (Fsp3) is 0.278. The molecule has 1 unspecified atom stereocenters. The molecule has 3 heterocycles. The smallest absolute Gasteiger partial charge is 0.259 e. The van der Waals surface area contributed by atoms with Crippen molar-refractivity contribution in [2.45, 2.75) is 19.9 Å². The van der Waals surface area contributed by atoms with Crippen LogP contribution in [0.15, 0.2) is 51.3 Å². The summed E-state index contributed by atoms with van der Waals surface area (Å²) in [5, 5.41) is 12.7. The summed E-state index contributed by atoms with van der Waals surface area (Å²) in [5.74, 6) is 1.87. The highest BCUT2D eigenvalue weighted by molar-refractivity contribution is 5.66. The number of hydrogen-bond donors (Lipinski definition) is 0. The van der Waals surface area contributed by atoms with Gasteiger partial charge >= 0.3 is 0 Å². The summed E-state index contributed by atoms with van der Waals surface area (Å²) in [6.07, 6.45) is 1.64. The van der Waals surface area contributed by atoms with Crippen molar-refractivity contribution in [3.8, 4) is 28.7 Å². The molecule has 0 radical (unpaired) electrons. The van der Waals surface area contributed by atoms with Gasteiger partial charge in [0.25, 0.3) is 5.89 Å². The van der Waals surface area contributed by atoms with Crippen LogP contribution < -0.4 is 4.74 Å². The first kappa shape index (κ1) is 15.4. The molecule has 7 heteroatoms. The molecular weight excluding hydrogens is 318 g/mol. The average Bonchev–Trinajstić information content (AvgIpc) is 3.28. The van der Waals surface area contributed by atoms with Crippen LogP contribution in [0, 0.1) is 5.92 Å². The van der Waals surface area contributed by atoms with Gasteiger partial charge in [0, 0.05) is 23.4 Å². The van der Waals surface area contributed by atoms with Crippen molar-refractivity contribution >= 4 is 5.69 Å². The van der Waals surface area contributed by atoms with Crippen LogP contribution in [0.3, 0.4) is 0 Å². The number of azo groups is 1. The number of hydrogen-bond acceptors (Lipinski definition) is 7. The highest BCUT2D eigenvalue weighted by atomic mass is 16.5. The van der Waals surface area contributed by atoms with E-state index in [1.807, 2.05) is 24.3 Å². The molecule has 1 atom stereocenters. The third-order valence-electron chi connectivity index (χ3n) is 4.15. The maximum absolute atomic E-state index is 5.36. The Morgan fingerprint density at radius 2 is 1.96 bits per heavy atom. The van der Waals surface area contributed by atoms with Gasteiger partial charge in [-0.15, -0.1) is 0 Å². The molecule has 1 aliphatic heterocycles. The third-order valence-corrected chi connectivity index (χ3v) is 4.15. The van der Waals surface area contributed by atoms with Crippen molar-refractivity contribution in [3.63, 3.8) is 0 Å². The second-order valence-corrected chi connectivity index (χ2v) is 6.19. The first-order valence-electron chi connectivity index (χ1n) is 8.05. The second-order valence-electron chi connectivity index (χ2n) is 6.19. The molecule has 0 aliphatic carbocycles. The summed E-state index contributed by atoms with van der Waals surface area (Å²) in [6, 6.07) is 9.66. The predicted octanol–water partition coefficient (Wildman–Crippen LogP) is 4.60. The van der Waals surface area contributed by atoms with Crippen LogP contribution in [0.2, 0.25) is 0 Å². The molecule has 2 aromatic heterocycles. The van der Waals surface area contributed by atoms with Crippen LogP contribution in [0.5, 0.6) is 5.88 Å². The predicted molar refractivity (Wildman–Crippen MR) is 91.6 cm³/mol. The standard InChI is InChI=1S/C18H17N5O2/c1-10(2)16-13-6-4-11(8-14(13)21-22-16)17-20-18(25-23-17)12-5-7-15(24-3)19-9-12/h4-10,16H,1-3H3.